The third-order valence-corrected chi connectivity index (χ3v) is 4.20. The van der Waals surface area contributed by atoms with Crippen molar-refractivity contribution in [1.82, 2.24) is 4.90 Å². The Morgan fingerprint density at radius 3 is 2.40 bits per heavy atom. The lowest BCUT2D eigenvalue weighted by atomic mass is 9.93. The minimum Gasteiger partial charge on any atom is -0.368 e. The van der Waals surface area contributed by atoms with Crippen LogP contribution in [0.2, 0.25) is 0 Å². The first-order chi connectivity index (χ1) is 9.65. The summed E-state index contributed by atoms with van der Waals surface area (Å²) in [6.45, 7) is 7.76. The van der Waals surface area contributed by atoms with Crippen LogP contribution in [-0.4, -0.2) is 37.6 Å². The molecule has 2 nitrogen and oxygen atoms in total. The molecule has 0 spiro atoms. The van der Waals surface area contributed by atoms with Crippen LogP contribution < -0.4 is 4.90 Å². The van der Waals surface area contributed by atoms with Crippen molar-refractivity contribution in [3.63, 3.8) is 0 Å². The van der Waals surface area contributed by atoms with Crippen molar-refractivity contribution in [3.8, 4) is 0 Å². The van der Waals surface area contributed by atoms with Gasteiger partial charge in [0.15, 0.2) is 0 Å². The largest absolute Gasteiger partial charge is 0.368 e. The molecule has 0 N–H and O–H groups in total. The topological polar surface area (TPSA) is 6.48 Å². The van der Waals surface area contributed by atoms with E-state index in [1.807, 2.05) is 12.1 Å². The van der Waals surface area contributed by atoms with Gasteiger partial charge in [-0.15, -0.1) is 0 Å². The van der Waals surface area contributed by atoms with E-state index in [2.05, 4.69) is 30.7 Å². The fraction of sp³-hybridized carbons (Fsp3) is 0.647. The molecule has 0 aromatic heterocycles. The van der Waals surface area contributed by atoms with E-state index < -0.39 is 0 Å². The van der Waals surface area contributed by atoms with Crippen molar-refractivity contribution in [3.05, 3.63) is 30.1 Å². The monoisotopic (exact) mass is 278 g/mol. The average Bonchev–Trinajstić information content (AvgIpc) is 2.83. The predicted molar refractivity (Wildman–Crippen MR) is 83.7 cm³/mol. The molecule has 2 atom stereocenters. The minimum atomic E-state index is -0.145. The van der Waals surface area contributed by atoms with Crippen LogP contribution in [0, 0.1) is 11.7 Å². The van der Waals surface area contributed by atoms with Crippen molar-refractivity contribution in [2.75, 3.05) is 31.6 Å². The Labute approximate surface area is 122 Å². The fourth-order valence-corrected chi connectivity index (χ4v) is 3.32. The number of rotatable bonds is 1. The van der Waals surface area contributed by atoms with Crippen LogP contribution in [0.1, 0.15) is 33.1 Å². The average molecular weight is 278 g/mol. The molecular formula is C17H27FN2. The molecule has 0 bridgehead atoms. The van der Waals surface area contributed by atoms with Crippen LogP contribution in [0.4, 0.5) is 10.1 Å². The van der Waals surface area contributed by atoms with Crippen LogP contribution in [0.15, 0.2) is 24.3 Å². The molecule has 0 saturated carbocycles. The molecule has 2 aliphatic rings. The Morgan fingerprint density at radius 2 is 1.75 bits per heavy atom. The predicted octanol–water partition coefficient (Wildman–Crippen LogP) is 3.77. The zero-order chi connectivity index (χ0) is 14.5. The summed E-state index contributed by atoms with van der Waals surface area (Å²) in [6.07, 6.45) is 3.75. The summed E-state index contributed by atoms with van der Waals surface area (Å²) in [5.74, 6) is 0.645. The number of fused-ring (bicyclic) bond motifs is 1. The van der Waals surface area contributed by atoms with Crippen LogP contribution in [-0.2, 0) is 0 Å². The Bertz CT molecular complexity index is 404. The highest BCUT2D eigenvalue weighted by molar-refractivity contribution is 5.48. The first-order valence-corrected chi connectivity index (χ1v) is 7.86. The smallest absolute Gasteiger partial charge is 0.123 e. The van der Waals surface area contributed by atoms with Crippen molar-refractivity contribution in [1.29, 1.82) is 0 Å². The lowest BCUT2D eigenvalue weighted by Gasteiger charge is -2.37. The van der Waals surface area contributed by atoms with E-state index in [0.29, 0.717) is 6.04 Å². The van der Waals surface area contributed by atoms with Gasteiger partial charge in [0, 0.05) is 24.8 Å². The Kier molecular flexibility index (Phi) is 5.41. The summed E-state index contributed by atoms with van der Waals surface area (Å²) in [6, 6.07) is 7.62. The molecular weight excluding hydrogens is 251 g/mol. The zero-order valence-corrected chi connectivity index (χ0v) is 13.0. The molecule has 2 aliphatic heterocycles. The zero-order valence-electron chi connectivity index (χ0n) is 13.0. The molecule has 0 amide bonds. The van der Waals surface area contributed by atoms with Crippen LogP contribution >= 0.6 is 0 Å². The number of anilines is 1. The van der Waals surface area contributed by atoms with E-state index in [4.69, 9.17) is 0 Å². The third kappa shape index (κ3) is 3.51. The van der Waals surface area contributed by atoms with Crippen molar-refractivity contribution >= 4 is 5.69 Å². The summed E-state index contributed by atoms with van der Waals surface area (Å²) in [7, 11) is 2.21. The van der Waals surface area contributed by atoms with Crippen molar-refractivity contribution in [2.24, 2.45) is 5.92 Å². The highest BCUT2D eigenvalue weighted by atomic mass is 19.1. The maximum absolute atomic E-state index is 12.9. The molecule has 3 heteroatoms. The number of halogens is 1. The minimum absolute atomic E-state index is 0.145. The second-order valence-electron chi connectivity index (χ2n) is 6.04. The quantitative estimate of drug-likeness (QED) is 0.771. The highest BCUT2D eigenvalue weighted by Gasteiger charge is 2.37. The molecule has 3 rings (SSSR count). The SMILES string of the molecule is CCC.CN1CC[C@H]2[C@H](CCN2c2ccc(F)cc2)C1. The van der Waals surface area contributed by atoms with E-state index in [1.165, 1.54) is 38.0 Å². The Morgan fingerprint density at radius 1 is 1.10 bits per heavy atom. The van der Waals surface area contributed by atoms with Gasteiger partial charge in [-0.2, -0.15) is 0 Å². The fourth-order valence-electron chi connectivity index (χ4n) is 3.32. The Balaban J connectivity index is 0.000000452. The molecule has 0 aliphatic carbocycles. The van der Waals surface area contributed by atoms with Crippen molar-refractivity contribution < 1.29 is 4.39 Å². The molecule has 0 unspecified atom stereocenters. The van der Waals surface area contributed by atoms with Gasteiger partial charge in [0.2, 0.25) is 0 Å². The van der Waals surface area contributed by atoms with Gasteiger partial charge >= 0.3 is 0 Å². The Hall–Kier alpha value is -1.09. The van der Waals surface area contributed by atoms with Gasteiger partial charge in [0.25, 0.3) is 0 Å². The van der Waals surface area contributed by atoms with E-state index >= 15 is 0 Å². The maximum Gasteiger partial charge on any atom is 0.123 e. The van der Waals surface area contributed by atoms with Gasteiger partial charge in [0.05, 0.1) is 0 Å². The summed E-state index contributed by atoms with van der Waals surface area (Å²) >= 11 is 0. The number of hydrogen-bond donors (Lipinski definition) is 0. The number of benzene rings is 1. The van der Waals surface area contributed by atoms with E-state index in [9.17, 15) is 4.39 Å². The van der Waals surface area contributed by atoms with E-state index in [1.54, 1.807) is 12.1 Å². The second kappa shape index (κ2) is 7.07. The normalized spacial score (nSPS) is 25.9. The van der Waals surface area contributed by atoms with Gasteiger partial charge in [0.1, 0.15) is 5.82 Å². The van der Waals surface area contributed by atoms with Crippen LogP contribution in [0.5, 0.6) is 0 Å². The van der Waals surface area contributed by atoms with E-state index in [-0.39, 0.29) is 5.82 Å². The van der Waals surface area contributed by atoms with Crippen molar-refractivity contribution in [2.45, 2.75) is 39.2 Å². The molecule has 0 radical (unpaired) electrons. The maximum atomic E-state index is 12.9. The van der Waals surface area contributed by atoms with Crippen LogP contribution in [0.3, 0.4) is 0 Å². The number of nitrogens with zero attached hydrogens (tertiary/aromatic N) is 2. The molecule has 2 fully saturated rings. The summed E-state index contributed by atoms with van der Waals surface area (Å²) in [5.41, 5.74) is 1.18. The van der Waals surface area contributed by atoms with Gasteiger partial charge < -0.3 is 9.80 Å². The lowest BCUT2D eigenvalue weighted by molar-refractivity contribution is 0.202. The summed E-state index contributed by atoms with van der Waals surface area (Å²) < 4.78 is 12.9. The highest BCUT2D eigenvalue weighted by Crippen LogP contribution is 2.34. The standard InChI is InChI=1S/C14H19FN2.C3H8/c1-16-8-7-14-11(10-16)6-9-17(14)13-4-2-12(15)3-5-13;1-3-2/h2-5,11,14H,6-10H2,1H3;3H2,1-2H3/t11-,14+;/m1./s1. The second-order valence-corrected chi connectivity index (χ2v) is 6.04. The molecule has 1 aromatic carbocycles. The first kappa shape index (κ1) is 15.3. The first-order valence-electron chi connectivity index (χ1n) is 7.86. The summed E-state index contributed by atoms with van der Waals surface area (Å²) in [5, 5.41) is 0. The third-order valence-electron chi connectivity index (χ3n) is 4.20. The molecule has 20 heavy (non-hydrogen) atoms. The molecule has 112 valence electrons. The van der Waals surface area contributed by atoms with Gasteiger partial charge in [-0.05, 0) is 56.6 Å². The molecule has 2 saturated heterocycles. The van der Waals surface area contributed by atoms with Gasteiger partial charge in [-0.25, -0.2) is 4.39 Å². The number of likely N-dealkylation sites (tertiary alicyclic amines) is 1. The number of hydrogen-bond acceptors (Lipinski definition) is 2. The van der Waals surface area contributed by atoms with Crippen LogP contribution in [0.25, 0.3) is 0 Å². The summed E-state index contributed by atoms with van der Waals surface area (Å²) in [4.78, 5) is 4.90. The number of piperidine rings is 1. The van der Waals surface area contributed by atoms with Gasteiger partial charge in [-0.1, -0.05) is 20.3 Å². The van der Waals surface area contributed by atoms with Gasteiger partial charge in [-0.3, -0.25) is 0 Å². The lowest BCUT2D eigenvalue weighted by Crippen LogP contribution is -2.44. The van der Waals surface area contributed by atoms with E-state index in [0.717, 1.165) is 12.5 Å². The molecule has 2 heterocycles. The molecule has 1 aromatic rings.